The number of sulfonamides is 1. The average molecular weight is 297 g/mol. The highest BCUT2D eigenvalue weighted by Gasteiger charge is 2.40. The van der Waals surface area contributed by atoms with E-state index in [9.17, 15) is 13.2 Å². The number of carboxylic acids is 1. The molecule has 5 nitrogen and oxygen atoms in total. The van der Waals surface area contributed by atoms with Gasteiger partial charge < -0.3 is 5.11 Å². The van der Waals surface area contributed by atoms with Gasteiger partial charge in [0.1, 0.15) is 0 Å². The predicted molar refractivity (Wildman–Crippen MR) is 74.9 cm³/mol. The fraction of sp³-hybridized carbons (Fsp3) is 0.500. The molecule has 1 aliphatic rings. The van der Waals surface area contributed by atoms with Gasteiger partial charge in [0.15, 0.2) is 0 Å². The molecule has 0 aromatic heterocycles. The van der Waals surface area contributed by atoms with Crippen LogP contribution >= 0.6 is 0 Å². The summed E-state index contributed by atoms with van der Waals surface area (Å²) >= 11 is 0. The molecular formula is C14H19NO4S. The maximum Gasteiger partial charge on any atom is 0.308 e. The first-order chi connectivity index (χ1) is 9.36. The maximum absolute atomic E-state index is 12.5. The summed E-state index contributed by atoms with van der Waals surface area (Å²) in [6.07, 6.45) is 0.761. The highest BCUT2D eigenvalue weighted by atomic mass is 32.2. The molecule has 20 heavy (non-hydrogen) atoms. The Labute approximate surface area is 119 Å². The average Bonchev–Trinajstić information content (AvgIpc) is 2.82. The lowest BCUT2D eigenvalue weighted by Crippen LogP contribution is -2.30. The fourth-order valence-corrected chi connectivity index (χ4v) is 4.15. The van der Waals surface area contributed by atoms with Gasteiger partial charge in [-0.25, -0.2) is 8.42 Å². The second-order valence-corrected chi connectivity index (χ2v) is 7.18. The molecule has 2 rings (SSSR count). The van der Waals surface area contributed by atoms with Gasteiger partial charge in [-0.15, -0.1) is 0 Å². The van der Waals surface area contributed by atoms with E-state index in [0.29, 0.717) is 0 Å². The summed E-state index contributed by atoms with van der Waals surface area (Å²) in [6.45, 7) is 4.05. The van der Waals surface area contributed by atoms with Crippen LogP contribution in [0.5, 0.6) is 0 Å². The number of aryl methyl sites for hydroxylation is 1. The Balaban J connectivity index is 2.29. The zero-order chi connectivity index (χ0) is 14.9. The van der Waals surface area contributed by atoms with E-state index < -0.39 is 21.9 Å². The lowest BCUT2D eigenvalue weighted by Gasteiger charge is -2.16. The minimum atomic E-state index is -3.60. The van der Waals surface area contributed by atoms with Crippen LogP contribution in [-0.2, 0) is 21.2 Å². The summed E-state index contributed by atoms with van der Waals surface area (Å²) in [5.41, 5.74) is 0.952. The van der Waals surface area contributed by atoms with Gasteiger partial charge in [-0.2, -0.15) is 4.31 Å². The quantitative estimate of drug-likeness (QED) is 0.916. The van der Waals surface area contributed by atoms with Gasteiger partial charge >= 0.3 is 5.97 Å². The highest BCUT2D eigenvalue weighted by Crippen LogP contribution is 2.28. The number of carboxylic acid groups (broad SMARTS) is 1. The van der Waals surface area contributed by atoms with Gasteiger partial charge in [0.2, 0.25) is 10.0 Å². The summed E-state index contributed by atoms with van der Waals surface area (Å²) in [5.74, 6) is -1.73. The monoisotopic (exact) mass is 297 g/mol. The van der Waals surface area contributed by atoms with Crippen molar-refractivity contribution >= 4 is 16.0 Å². The molecule has 1 saturated heterocycles. The normalized spacial score (nSPS) is 23.9. The molecule has 110 valence electrons. The van der Waals surface area contributed by atoms with Crippen molar-refractivity contribution in [3.63, 3.8) is 0 Å². The highest BCUT2D eigenvalue weighted by molar-refractivity contribution is 7.89. The zero-order valence-electron chi connectivity index (χ0n) is 11.6. The van der Waals surface area contributed by atoms with Gasteiger partial charge in [-0.1, -0.05) is 26.0 Å². The fourth-order valence-electron chi connectivity index (χ4n) is 2.51. The van der Waals surface area contributed by atoms with Crippen LogP contribution in [-0.4, -0.2) is 36.9 Å². The van der Waals surface area contributed by atoms with E-state index in [1.165, 1.54) is 4.31 Å². The van der Waals surface area contributed by atoms with Crippen LogP contribution in [0.25, 0.3) is 0 Å². The molecule has 1 aromatic rings. The smallest absolute Gasteiger partial charge is 0.308 e. The molecule has 1 aliphatic heterocycles. The topological polar surface area (TPSA) is 74.7 Å². The third-order valence-electron chi connectivity index (χ3n) is 3.84. The van der Waals surface area contributed by atoms with Crippen LogP contribution in [0.3, 0.4) is 0 Å². The van der Waals surface area contributed by atoms with Crippen LogP contribution in [0.1, 0.15) is 19.4 Å². The molecule has 1 heterocycles. The lowest BCUT2D eigenvalue weighted by atomic mass is 9.99. The Morgan fingerprint density at radius 2 is 2.10 bits per heavy atom. The molecule has 0 radical (unpaired) electrons. The maximum atomic E-state index is 12.5. The van der Waals surface area contributed by atoms with Gasteiger partial charge in [0.05, 0.1) is 10.8 Å². The largest absolute Gasteiger partial charge is 0.481 e. The molecular weight excluding hydrogens is 278 g/mol. The van der Waals surface area contributed by atoms with Gasteiger partial charge in [-0.3, -0.25) is 4.79 Å². The first-order valence-electron chi connectivity index (χ1n) is 6.68. The number of carbonyl (C=O) groups is 1. The Bertz CT molecular complexity index is 611. The Hall–Kier alpha value is -1.40. The predicted octanol–water partition coefficient (Wildman–Crippen LogP) is 1.59. The molecule has 0 unspecified atom stereocenters. The summed E-state index contributed by atoms with van der Waals surface area (Å²) in [4.78, 5) is 11.3. The number of hydrogen-bond donors (Lipinski definition) is 1. The minimum absolute atomic E-state index is 0.0508. The Morgan fingerprint density at radius 1 is 1.40 bits per heavy atom. The first kappa shape index (κ1) is 15.0. The van der Waals surface area contributed by atoms with Crippen molar-refractivity contribution in [2.75, 3.05) is 13.1 Å². The van der Waals surface area contributed by atoms with Crippen molar-refractivity contribution in [2.24, 2.45) is 11.8 Å². The number of benzene rings is 1. The summed E-state index contributed by atoms with van der Waals surface area (Å²) < 4.78 is 26.4. The van der Waals surface area contributed by atoms with E-state index in [4.69, 9.17) is 5.11 Å². The van der Waals surface area contributed by atoms with Gasteiger partial charge in [-0.05, 0) is 30.0 Å². The third-order valence-corrected chi connectivity index (χ3v) is 5.67. The lowest BCUT2D eigenvalue weighted by molar-refractivity contribution is -0.142. The number of nitrogens with zero attached hydrogens (tertiary/aromatic N) is 1. The molecule has 0 aliphatic carbocycles. The summed E-state index contributed by atoms with van der Waals surface area (Å²) in [7, 11) is -3.60. The zero-order valence-corrected chi connectivity index (χ0v) is 12.4. The van der Waals surface area contributed by atoms with E-state index in [0.717, 1.165) is 12.0 Å². The van der Waals surface area contributed by atoms with Crippen molar-refractivity contribution in [3.8, 4) is 0 Å². The van der Waals surface area contributed by atoms with E-state index in [2.05, 4.69) is 0 Å². The van der Waals surface area contributed by atoms with Crippen LogP contribution in [0.2, 0.25) is 0 Å². The molecule has 0 bridgehead atoms. The molecule has 1 aromatic carbocycles. The standard InChI is InChI=1S/C14H19NO4S/c1-3-11-5-4-6-12(7-11)20(18,19)15-8-10(2)13(9-15)14(16)17/h4-7,10,13H,3,8-9H2,1-2H3,(H,16,17)/t10-,13-/m1/s1. The molecule has 1 N–H and O–H groups in total. The van der Waals surface area contributed by atoms with Crippen molar-refractivity contribution in [3.05, 3.63) is 29.8 Å². The van der Waals surface area contributed by atoms with E-state index in [-0.39, 0.29) is 23.9 Å². The van der Waals surface area contributed by atoms with Crippen molar-refractivity contribution in [1.29, 1.82) is 0 Å². The van der Waals surface area contributed by atoms with Crippen LogP contribution in [0, 0.1) is 11.8 Å². The molecule has 2 atom stereocenters. The molecule has 0 saturated carbocycles. The SMILES string of the molecule is CCc1cccc(S(=O)(=O)N2C[C@@H](C)[C@H](C(=O)O)C2)c1. The second kappa shape index (κ2) is 5.54. The number of hydrogen-bond acceptors (Lipinski definition) is 3. The van der Waals surface area contributed by atoms with Crippen LogP contribution < -0.4 is 0 Å². The summed E-state index contributed by atoms with van der Waals surface area (Å²) in [5, 5.41) is 9.10. The Kier molecular flexibility index (Phi) is 4.15. The Morgan fingerprint density at radius 3 is 2.65 bits per heavy atom. The van der Waals surface area contributed by atoms with Crippen molar-refractivity contribution < 1.29 is 18.3 Å². The minimum Gasteiger partial charge on any atom is -0.481 e. The van der Waals surface area contributed by atoms with Gasteiger partial charge in [0.25, 0.3) is 0 Å². The van der Waals surface area contributed by atoms with Crippen LogP contribution in [0.4, 0.5) is 0 Å². The number of aliphatic carboxylic acids is 1. The summed E-state index contributed by atoms with van der Waals surface area (Å²) in [6, 6.07) is 6.83. The van der Waals surface area contributed by atoms with E-state index >= 15 is 0 Å². The van der Waals surface area contributed by atoms with Crippen molar-refractivity contribution in [2.45, 2.75) is 25.2 Å². The number of rotatable bonds is 4. The first-order valence-corrected chi connectivity index (χ1v) is 8.12. The van der Waals surface area contributed by atoms with Crippen molar-refractivity contribution in [1.82, 2.24) is 4.31 Å². The molecule has 0 amide bonds. The molecule has 1 fully saturated rings. The molecule has 6 heteroatoms. The van der Waals surface area contributed by atoms with Gasteiger partial charge in [0, 0.05) is 13.1 Å². The van der Waals surface area contributed by atoms with Crippen LogP contribution in [0.15, 0.2) is 29.2 Å². The molecule has 0 spiro atoms. The van der Waals surface area contributed by atoms with E-state index in [1.54, 1.807) is 25.1 Å². The second-order valence-electron chi connectivity index (χ2n) is 5.24. The van der Waals surface area contributed by atoms with E-state index in [1.807, 2.05) is 13.0 Å². The third kappa shape index (κ3) is 2.71.